The molecule has 2 heterocycles. The third kappa shape index (κ3) is 3.64. The molecule has 0 radical (unpaired) electrons. The van der Waals surface area contributed by atoms with Crippen LogP contribution < -0.4 is 4.74 Å². The van der Waals surface area contributed by atoms with Gasteiger partial charge in [0, 0.05) is 40.4 Å². The quantitative estimate of drug-likeness (QED) is 0.544. The van der Waals surface area contributed by atoms with Crippen molar-refractivity contribution in [3.05, 3.63) is 47.7 Å². The average Bonchev–Trinajstić information content (AvgIpc) is 3.18. The fourth-order valence-electron chi connectivity index (χ4n) is 3.54. The lowest BCUT2D eigenvalue weighted by Gasteiger charge is -2.18. The van der Waals surface area contributed by atoms with Gasteiger partial charge >= 0.3 is 0 Å². The topological polar surface area (TPSA) is 35.0 Å². The maximum atomic E-state index is 5.13. The van der Waals surface area contributed by atoms with Crippen LogP contribution in [0.4, 0.5) is 0 Å². The lowest BCUT2D eigenvalue weighted by atomic mass is 9.90. The Morgan fingerprint density at radius 1 is 1.00 bits per heavy atom. The molecule has 0 atom stereocenters. The highest BCUT2D eigenvalue weighted by Crippen LogP contribution is 2.39. The van der Waals surface area contributed by atoms with E-state index in [-0.39, 0.29) is 0 Å². The van der Waals surface area contributed by atoms with Crippen LogP contribution in [0.5, 0.6) is 5.88 Å². The maximum absolute atomic E-state index is 5.13. The predicted octanol–water partition coefficient (Wildman–Crippen LogP) is 6.22. The largest absolute Gasteiger partial charge is 0.481 e. The van der Waals surface area contributed by atoms with Crippen molar-refractivity contribution in [3.63, 3.8) is 0 Å². The van der Waals surface area contributed by atoms with Gasteiger partial charge in [0.2, 0.25) is 5.88 Å². The molecule has 0 spiro atoms. The smallest absolute Gasteiger partial charge is 0.212 e. The summed E-state index contributed by atoms with van der Waals surface area (Å²) in [6.45, 7) is 0. The molecule has 1 fully saturated rings. The molecule has 1 aliphatic rings. The van der Waals surface area contributed by atoms with Gasteiger partial charge in [-0.15, -0.1) is 24.0 Å². The van der Waals surface area contributed by atoms with Crippen LogP contribution in [-0.4, -0.2) is 17.1 Å². The SMILES string of the molecule is COc1ccc(-c2ccc(-c3cnc(C4CCCCC4)s3)c(S)c2)cn1. The van der Waals surface area contributed by atoms with Crippen molar-refractivity contribution in [2.24, 2.45) is 0 Å². The highest BCUT2D eigenvalue weighted by molar-refractivity contribution is 7.80. The van der Waals surface area contributed by atoms with E-state index < -0.39 is 0 Å². The number of aromatic nitrogens is 2. The van der Waals surface area contributed by atoms with E-state index in [4.69, 9.17) is 22.3 Å². The molecule has 0 saturated heterocycles. The van der Waals surface area contributed by atoms with Crippen molar-refractivity contribution in [1.29, 1.82) is 0 Å². The molecule has 0 aliphatic heterocycles. The molecule has 1 aromatic carbocycles. The Labute approximate surface area is 163 Å². The summed E-state index contributed by atoms with van der Waals surface area (Å²) in [4.78, 5) is 11.2. The molecule has 1 aliphatic carbocycles. The molecule has 2 aromatic heterocycles. The second kappa shape index (κ2) is 7.80. The summed E-state index contributed by atoms with van der Waals surface area (Å²) in [5, 5.41) is 1.29. The number of thiol groups is 1. The first kappa shape index (κ1) is 17.6. The molecule has 3 nitrogen and oxygen atoms in total. The van der Waals surface area contributed by atoms with Crippen molar-refractivity contribution < 1.29 is 4.74 Å². The van der Waals surface area contributed by atoms with Gasteiger partial charge in [-0.1, -0.05) is 31.4 Å². The van der Waals surface area contributed by atoms with Crippen LogP contribution in [0, 0.1) is 0 Å². The lowest BCUT2D eigenvalue weighted by Crippen LogP contribution is -2.03. The zero-order chi connectivity index (χ0) is 17.9. The van der Waals surface area contributed by atoms with Crippen LogP contribution in [0.2, 0.25) is 0 Å². The minimum Gasteiger partial charge on any atom is -0.481 e. The highest BCUT2D eigenvalue weighted by Gasteiger charge is 2.19. The van der Waals surface area contributed by atoms with Crippen molar-refractivity contribution >= 4 is 24.0 Å². The first-order valence-electron chi connectivity index (χ1n) is 9.04. The molecular weight excluding hydrogens is 360 g/mol. The molecule has 0 amide bonds. The van der Waals surface area contributed by atoms with Gasteiger partial charge in [-0.25, -0.2) is 9.97 Å². The second-order valence-corrected chi connectivity index (χ2v) is 8.26. The molecule has 4 rings (SSSR count). The number of rotatable bonds is 4. The predicted molar refractivity (Wildman–Crippen MR) is 110 cm³/mol. The standard InChI is InChI=1S/C21H22N2OS2/c1-24-20-10-8-16(12-22-20)15-7-9-17(18(25)11-15)19-13-23-21(26-19)14-5-3-2-4-6-14/h7-14,25H,2-6H2,1H3. The molecule has 134 valence electrons. The molecule has 0 bridgehead atoms. The monoisotopic (exact) mass is 382 g/mol. The van der Waals surface area contributed by atoms with E-state index in [9.17, 15) is 0 Å². The van der Waals surface area contributed by atoms with E-state index in [1.807, 2.05) is 35.9 Å². The summed E-state index contributed by atoms with van der Waals surface area (Å²) in [6, 6.07) is 10.3. The molecule has 0 unspecified atom stereocenters. The van der Waals surface area contributed by atoms with E-state index in [1.54, 1.807) is 7.11 Å². The number of benzene rings is 1. The second-order valence-electron chi connectivity index (χ2n) is 6.72. The number of thiazole rings is 1. The third-order valence-corrected chi connectivity index (χ3v) is 6.58. The first-order chi connectivity index (χ1) is 12.7. The van der Waals surface area contributed by atoms with Crippen LogP contribution in [0.1, 0.15) is 43.0 Å². The average molecular weight is 383 g/mol. The molecule has 5 heteroatoms. The minimum atomic E-state index is 0.622. The normalized spacial score (nSPS) is 15.2. The Hall–Kier alpha value is -1.85. The van der Waals surface area contributed by atoms with E-state index in [0.29, 0.717) is 11.8 Å². The van der Waals surface area contributed by atoms with Gasteiger partial charge in [-0.2, -0.15) is 0 Å². The Morgan fingerprint density at radius 2 is 1.81 bits per heavy atom. The van der Waals surface area contributed by atoms with Gasteiger partial charge in [0.25, 0.3) is 0 Å². The Balaban J connectivity index is 1.58. The summed E-state index contributed by atoms with van der Waals surface area (Å²) < 4.78 is 5.13. The summed E-state index contributed by atoms with van der Waals surface area (Å²) in [7, 11) is 1.62. The van der Waals surface area contributed by atoms with Crippen LogP contribution in [0.15, 0.2) is 47.6 Å². The van der Waals surface area contributed by atoms with Gasteiger partial charge in [0.15, 0.2) is 0 Å². The van der Waals surface area contributed by atoms with Gasteiger partial charge in [-0.05, 0) is 30.5 Å². The van der Waals surface area contributed by atoms with Crippen molar-refractivity contribution in [1.82, 2.24) is 9.97 Å². The Kier molecular flexibility index (Phi) is 5.27. The molecule has 26 heavy (non-hydrogen) atoms. The van der Waals surface area contributed by atoms with Crippen molar-refractivity contribution in [3.8, 4) is 27.4 Å². The number of pyridine rings is 1. The summed E-state index contributed by atoms with van der Waals surface area (Å²) >= 11 is 6.56. The fraction of sp³-hybridized carbons (Fsp3) is 0.333. The summed E-state index contributed by atoms with van der Waals surface area (Å²) in [6.07, 6.45) is 10.4. The fourth-order valence-corrected chi connectivity index (χ4v) is 5.08. The highest BCUT2D eigenvalue weighted by atomic mass is 32.1. The summed E-state index contributed by atoms with van der Waals surface area (Å²) in [5.41, 5.74) is 3.31. The molecule has 3 aromatic rings. The van der Waals surface area contributed by atoms with Gasteiger partial charge in [-0.3, -0.25) is 0 Å². The minimum absolute atomic E-state index is 0.622. The maximum Gasteiger partial charge on any atom is 0.212 e. The van der Waals surface area contributed by atoms with Crippen molar-refractivity contribution in [2.75, 3.05) is 7.11 Å². The first-order valence-corrected chi connectivity index (χ1v) is 10.3. The number of hydrogen-bond donors (Lipinski definition) is 1. The van der Waals surface area contributed by atoms with Crippen LogP contribution in [0.3, 0.4) is 0 Å². The number of hydrogen-bond acceptors (Lipinski definition) is 5. The molecule has 0 N–H and O–H groups in total. The van der Waals surface area contributed by atoms with E-state index >= 15 is 0 Å². The third-order valence-electron chi connectivity index (χ3n) is 5.02. The van der Waals surface area contributed by atoms with E-state index in [0.717, 1.165) is 21.6 Å². The van der Waals surface area contributed by atoms with Crippen LogP contribution in [-0.2, 0) is 0 Å². The number of methoxy groups -OCH3 is 1. The van der Waals surface area contributed by atoms with Gasteiger partial charge in [0.05, 0.1) is 17.0 Å². The lowest BCUT2D eigenvalue weighted by molar-refractivity contribution is 0.398. The zero-order valence-corrected chi connectivity index (χ0v) is 16.5. The molecule has 1 saturated carbocycles. The van der Waals surface area contributed by atoms with Gasteiger partial charge in [0.1, 0.15) is 0 Å². The van der Waals surface area contributed by atoms with Crippen LogP contribution >= 0.6 is 24.0 Å². The van der Waals surface area contributed by atoms with Gasteiger partial charge < -0.3 is 4.74 Å². The van der Waals surface area contributed by atoms with Crippen molar-refractivity contribution in [2.45, 2.75) is 42.9 Å². The zero-order valence-electron chi connectivity index (χ0n) is 14.8. The Bertz CT molecular complexity index is 883. The number of nitrogens with zero attached hydrogens (tertiary/aromatic N) is 2. The number of ether oxygens (including phenoxy) is 1. The summed E-state index contributed by atoms with van der Waals surface area (Å²) in [5.74, 6) is 1.27. The Morgan fingerprint density at radius 3 is 2.50 bits per heavy atom. The van der Waals surface area contributed by atoms with E-state index in [2.05, 4.69) is 23.2 Å². The van der Waals surface area contributed by atoms with Crippen LogP contribution in [0.25, 0.3) is 21.6 Å². The van der Waals surface area contributed by atoms with E-state index in [1.165, 1.54) is 42.0 Å². The molecular formula is C21H22N2OS2.